The summed E-state index contributed by atoms with van der Waals surface area (Å²) in [5, 5.41) is 3.04. The van der Waals surface area contributed by atoms with E-state index >= 15 is 0 Å². The number of rotatable bonds is 5. The summed E-state index contributed by atoms with van der Waals surface area (Å²) in [6, 6.07) is 5.76. The number of nitrogens with two attached hydrogens (primary N) is 1. The molecule has 2 unspecified atom stereocenters. The number of piperidine rings is 1. The smallest absolute Gasteiger partial charge is 0.409 e. The number of carbonyl (C=O) groups is 3. The number of thiophene rings is 1. The van der Waals surface area contributed by atoms with Gasteiger partial charge in [-0.2, -0.15) is 4.31 Å². The Labute approximate surface area is 214 Å². The van der Waals surface area contributed by atoms with Gasteiger partial charge in [0, 0.05) is 30.1 Å². The van der Waals surface area contributed by atoms with Gasteiger partial charge in [-0.25, -0.2) is 13.2 Å². The number of anilines is 1. The van der Waals surface area contributed by atoms with Gasteiger partial charge < -0.3 is 20.7 Å². The maximum atomic E-state index is 13.1. The molecule has 0 spiro atoms. The Hall–Kier alpha value is -2.96. The molecule has 4 rings (SSSR count). The van der Waals surface area contributed by atoms with E-state index in [9.17, 15) is 22.8 Å². The van der Waals surface area contributed by atoms with Crippen LogP contribution in [0.1, 0.15) is 51.4 Å². The predicted octanol–water partition coefficient (Wildman–Crippen LogP) is 2.89. The molecule has 3 heterocycles. The fraction of sp³-hybridized carbons (Fsp3) is 0.458. The molecule has 3 amide bonds. The number of nitrogens with zero attached hydrogens (tertiary/aromatic N) is 2. The molecule has 2 aliphatic rings. The van der Waals surface area contributed by atoms with Crippen LogP contribution in [0.25, 0.3) is 0 Å². The van der Waals surface area contributed by atoms with Crippen molar-refractivity contribution in [1.82, 2.24) is 9.21 Å². The molecule has 0 bridgehead atoms. The van der Waals surface area contributed by atoms with Gasteiger partial charge in [0.05, 0.1) is 24.1 Å². The molecule has 194 valence electrons. The highest BCUT2D eigenvalue weighted by Crippen LogP contribution is 2.37. The second-order valence-electron chi connectivity index (χ2n) is 9.46. The highest BCUT2D eigenvalue weighted by molar-refractivity contribution is 7.89. The van der Waals surface area contributed by atoms with Gasteiger partial charge in [-0.05, 0) is 54.5 Å². The molecular weight excluding hydrogens is 504 g/mol. The minimum Gasteiger partial charge on any atom is -0.453 e. The van der Waals surface area contributed by atoms with E-state index in [0.29, 0.717) is 31.1 Å². The molecule has 1 aromatic carbocycles. The summed E-state index contributed by atoms with van der Waals surface area (Å²) >= 11 is 1.19. The fourth-order valence-corrected chi connectivity index (χ4v) is 7.89. The standard InChI is InChI=1S/C24H30N4O6S2/c1-14-10-15(2)12-28(11-14)36(32,33)17-6-4-16(5-7-17)22(30)26-23-20(21(25)29)18-8-9-27(24(31)34-3)13-19(18)35-23/h4-7,14-15H,8-13H2,1-3H3,(H2,25,29)(H,26,30). The molecule has 3 N–H and O–H groups in total. The van der Waals surface area contributed by atoms with Gasteiger partial charge in [-0.3, -0.25) is 9.59 Å². The highest BCUT2D eigenvalue weighted by Gasteiger charge is 2.32. The summed E-state index contributed by atoms with van der Waals surface area (Å²) in [6.45, 7) is 5.66. The van der Waals surface area contributed by atoms with E-state index in [1.54, 1.807) is 0 Å². The van der Waals surface area contributed by atoms with E-state index in [-0.39, 0.29) is 34.4 Å². The van der Waals surface area contributed by atoms with Gasteiger partial charge in [0.15, 0.2) is 0 Å². The molecule has 2 atom stereocenters. The van der Waals surface area contributed by atoms with Gasteiger partial charge >= 0.3 is 6.09 Å². The number of carbonyl (C=O) groups excluding carboxylic acids is 3. The first-order valence-corrected chi connectivity index (χ1v) is 14.0. The zero-order valence-corrected chi connectivity index (χ0v) is 22.1. The van der Waals surface area contributed by atoms with E-state index < -0.39 is 27.9 Å². The molecule has 2 aromatic rings. The average molecular weight is 535 g/mol. The third-order valence-electron chi connectivity index (χ3n) is 6.55. The first-order chi connectivity index (χ1) is 17.0. The van der Waals surface area contributed by atoms with Gasteiger partial charge in [0.2, 0.25) is 10.0 Å². The molecule has 0 aliphatic carbocycles. The molecule has 0 radical (unpaired) electrons. The Balaban J connectivity index is 1.53. The van der Waals surface area contributed by atoms with Gasteiger partial charge in [0.1, 0.15) is 5.00 Å². The maximum absolute atomic E-state index is 13.1. The summed E-state index contributed by atoms with van der Waals surface area (Å²) in [7, 11) is -2.36. The van der Waals surface area contributed by atoms with Crippen LogP contribution in [0.2, 0.25) is 0 Å². The molecule has 1 fully saturated rings. The average Bonchev–Trinajstić information content (AvgIpc) is 3.20. The first kappa shape index (κ1) is 26.1. The van der Waals surface area contributed by atoms with E-state index in [1.807, 2.05) is 13.8 Å². The number of ether oxygens (including phenoxy) is 1. The van der Waals surface area contributed by atoms with Crippen molar-refractivity contribution >= 4 is 44.3 Å². The Bertz CT molecular complexity index is 1280. The number of sulfonamides is 1. The minimum absolute atomic E-state index is 0.132. The summed E-state index contributed by atoms with van der Waals surface area (Å²) in [5.74, 6) is -0.598. The fourth-order valence-electron chi connectivity index (χ4n) is 4.94. The lowest BCUT2D eigenvalue weighted by Crippen LogP contribution is -2.42. The Morgan fingerprint density at radius 1 is 1.11 bits per heavy atom. The van der Waals surface area contributed by atoms with Crippen molar-refractivity contribution in [2.75, 3.05) is 32.1 Å². The molecule has 0 saturated carbocycles. The van der Waals surface area contributed by atoms with Crippen LogP contribution in [-0.2, 0) is 27.7 Å². The van der Waals surface area contributed by atoms with Crippen LogP contribution >= 0.6 is 11.3 Å². The van der Waals surface area contributed by atoms with Crippen LogP contribution in [-0.4, -0.2) is 62.3 Å². The van der Waals surface area contributed by atoms with Gasteiger partial charge in [-0.1, -0.05) is 13.8 Å². The topological polar surface area (TPSA) is 139 Å². The van der Waals surface area contributed by atoms with Crippen LogP contribution in [0, 0.1) is 11.8 Å². The largest absolute Gasteiger partial charge is 0.453 e. The third-order valence-corrected chi connectivity index (χ3v) is 9.53. The lowest BCUT2D eigenvalue weighted by molar-refractivity contribution is 0.0999. The van der Waals surface area contributed by atoms with Crippen molar-refractivity contribution in [2.24, 2.45) is 17.6 Å². The van der Waals surface area contributed by atoms with Crippen LogP contribution in [0.3, 0.4) is 0 Å². The van der Waals surface area contributed by atoms with E-state index in [4.69, 9.17) is 10.5 Å². The van der Waals surface area contributed by atoms with Crippen molar-refractivity contribution in [2.45, 2.75) is 38.1 Å². The van der Waals surface area contributed by atoms with Crippen molar-refractivity contribution in [1.29, 1.82) is 0 Å². The Morgan fingerprint density at radius 3 is 2.33 bits per heavy atom. The zero-order chi connectivity index (χ0) is 26.2. The molecule has 1 saturated heterocycles. The molecule has 12 heteroatoms. The van der Waals surface area contributed by atoms with Crippen molar-refractivity contribution in [3.05, 3.63) is 45.8 Å². The number of benzene rings is 1. The zero-order valence-electron chi connectivity index (χ0n) is 20.4. The Morgan fingerprint density at radius 2 is 1.75 bits per heavy atom. The maximum Gasteiger partial charge on any atom is 0.409 e. The van der Waals surface area contributed by atoms with E-state index in [1.165, 1.54) is 51.9 Å². The second-order valence-corrected chi connectivity index (χ2v) is 12.5. The predicted molar refractivity (Wildman–Crippen MR) is 135 cm³/mol. The lowest BCUT2D eigenvalue weighted by Gasteiger charge is -2.34. The quantitative estimate of drug-likeness (QED) is 0.605. The number of hydrogen-bond acceptors (Lipinski definition) is 7. The summed E-state index contributed by atoms with van der Waals surface area (Å²) in [4.78, 5) is 39.5. The van der Waals surface area contributed by atoms with Crippen LogP contribution in [0.5, 0.6) is 0 Å². The molecule has 1 aromatic heterocycles. The molecule has 10 nitrogen and oxygen atoms in total. The number of hydrogen-bond donors (Lipinski definition) is 2. The van der Waals surface area contributed by atoms with Crippen molar-refractivity contribution in [3.8, 4) is 0 Å². The number of primary amides is 1. The van der Waals surface area contributed by atoms with Crippen molar-refractivity contribution in [3.63, 3.8) is 0 Å². The van der Waals surface area contributed by atoms with Crippen LogP contribution in [0.15, 0.2) is 29.2 Å². The molecular formula is C24H30N4O6S2. The summed E-state index contributed by atoms with van der Waals surface area (Å²) < 4.78 is 32.5. The lowest BCUT2D eigenvalue weighted by atomic mass is 9.94. The minimum atomic E-state index is -3.66. The number of nitrogens with one attached hydrogen (secondary N) is 1. The van der Waals surface area contributed by atoms with Gasteiger partial charge in [0.25, 0.3) is 11.8 Å². The third kappa shape index (κ3) is 5.11. The number of amides is 3. The SMILES string of the molecule is COC(=O)N1CCc2c(sc(NC(=O)c3ccc(S(=O)(=O)N4CC(C)CC(C)C4)cc3)c2C(N)=O)C1. The monoisotopic (exact) mass is 534 g/mol. The number of methoxy groups -OCH3 is 1. The number of fused-ring (bicyclic) bond motifs is 1. The van der Waals surface area contributed by atoms with Crippen molar-refractivity contribution < 1.29 is 27.5 Å². The Kier molecular flexibility index (Phi) is 7.39. The summed E-state index contributed by atoms with van der Waals surface area (Å²) in [6.07, 6.45) is 0.935. The first-order valence-electron chi connectivity index (χ1n) is 11.7. The normalized spacial score (nSPS) is 20.5. The highest BCUT2D eigenvalue weighted by atomic mass is 32.2. The van der Waals surface area contributed by atoms with E-state index in [0.717, 1.165) is 16.9 Å². The van der Waals surface area contributed by atoms with E-state index in [2.05, 4.69) is 5.32 Å². The van der Waals surface area contributed by atoms with Gasteiger partial charge in [-0.15, -0.1) is 11.3 Å². The summed E-state index contributed by atoms with van der Waals surface area (Å²) in [5.41, 5.74) is 6.81. The second kappa shape index (κ2) is 10.2. The van der Waals surface area contributed by atoms with Crippen LogP contribution < -0.4 is 11.1 Å². The van der Waals surface area contributed by atoms with Crippen LogP contribution in [0.4, 0.5) is 9.80 Å². The molecule has 2 aliphatic heterocycles. The molecule has 36 heavy (non-hydrogen) atoms.